The zero-order valence-electron chi connectivity index (χ0n) is 25.9. The van der Waals surface area contributed by atoms with E-state index in [9.17, 15) is 9.46 Å². The Morgan fingerprint density at radius 1 is 0.810 bits per heavy atom. The van der Waals surface area contributed by atoms with E-state index in [2.05, 4.69) is 26.1 Å². The van der Waals surface area contributed by atoms with Crippen LogP contribution in [-0.2, 0) is 53.4 Å². The predicted molar refractivity (Wildman–Crippen MR) is 173 cm³/mol. The maximum absolute atomic E-state index is 13.1. The second-order valence-electron chi connectivity index (χ2n) is 11.7. The van der Waals surface area contributed by atoms with Crippen molar-refractivity contribution in [3.05, 3.63) is 0 Å². The molecule has 0 bridgehead atoms. The van der Waals surface area contributed by atoms with E-state index in [1.54, 1.807) is 0 Å². The minimum absolute atomic E-state index is 0. The number of ether oxygens (including phenoxy) is 4. The molecule has 3 fully saturated rings. The summed E-state index contributed by atoms with van der Waals surface area (Å²) in [4.78, 5) is 10.8. The molecule has 42 heavy (non-hydrogen) atoms. The summed E-state index contributed by atoms with van der Waals surface area (Å²) >= 11 is 9.52. The number of thiol groups is 1. The number of rotatable bonds is 15. The van der Waals surface area contributed by atoms with Crippen LogP contribution in [0.5, 0.6) is 0 Å². The van der Waals surface area contributed by atoms with Crippen molar-refractivity contribution < 1.29 is 46.5 Å². The van der Waals surface area contributed by atoms with Crippen LogP contribution in [0.25, 0.3) is 0 Å². The molecule has 1 N–H and O–H groups in total. The van der Waals surface area contributed by atoms with Crippen molar-refractivity contribution in [2.24, 2.45) is 5.92 Å². The second kappa shape index (κ2) is 19.0. The van der Waals surface area contributed by atoms with Gasteiger partial charge in [-0.25, -0.2) is 4.57 Å². The molecule has 0 aromatic heterocycles. The van der Waals surface area contributed by atoms with Crippen LogP contribution in [0.4, 0.5) is 0 Å². The molecule has 2 unspecified atom stereocenters. The van der Waals surface area contributed by atoms with Gasteiger partial charge in [-0.3, -0.25) is 9.05 Å². The van der Waals surface area contributed by atoms with Crippen molar-refractivity contribution in [1.29, 1.82) is 0 Å². The molecule has 3 saturated heterocycles. The second-order valence-corrected chi connectivity index (χ2v) is 17.3. The fourth-order valence-corrected chi connectivity index (χ4v) is 8.26. The van der Waals surface area contributed by atoms with Gasteiger partial charge in [0.05, 0.1) is 62.0 Å². The molecule has 0 aromatic rings. The normalized spacial score (nSPS) is 35.7. The van der Waals surface area contributed by atoms with E-state index < -0.39 is 25.7 Å². The Morgan fingerprint density at radius 3 is 1.79 bits per heavy atom. The van der Waals surface area contributed by atoms with Crippen LogP contribution in [0.1, 0.15) is 80.6 Å². The Balaban J connectivity index is 0.00000560. The van der Waals surface area contributed by atoms with Gasteiger partial charge in [0.25, 0.3) is 0 Å². The standard InChI is InChI=1S/C25H48O10P2S2.3B/c1-15(2)8-9-20-22(11-18(6)31-20)34-36(26,38)29-14-25-23(12-19(7)33-25)35-37(27,39)28-13-24-21(30-16(3)4)10-17(5)32-24;;;/h15-25H,8-14H2,1-7H3,(H,26,38)(H,27,39);;;/t17-,18-,19-,20+,21+,22+,23+,24+,25+,36?,37?;;;/m0.../s1. The van der Waals surface area contributed by atoms with Gasteiger partial charge in [0, 0.05) is 44.5 Å². The van der Waals surface area contributed by atoms with Gasteiger partial charge in [0.2, 0.25) is 0 Å². The van der Waals surface area contributed by atoms with Crippen molar-refractivity contribution in [3.8, 4) is 0 Å². The summed E-state index contributed by atoms with van der Waals surface area (Å²) in [6, 6.07) is 0. The van der Waals surface area contributed by atoms with Crippen molar-refractivity contribution in [3.63, 3.8) is 0 Å². The van der Waals surface area contributed by atoms with Gasteiger partial charge in [-0.1, -0.05) is 26.1 Å². The summed E-state index contributed by atoms with van der Waals surface area (Å²) in [6.07, 6.45) is 1.29. The zero-order valence-corrected chi connectivity index (χ0v) is 29.4. The molecular formula is C25H48B3O10P2S2. The molecule has 0 spiro atoms. The lowest BCUT2D eigenvalue weighted by molar-refractivity contribution is -0.0614. The highest BCUT2D eigenvalue weighted by Gasteiger charge is 2.42. The molecule has 3 aliphatic rings. The van der Waals surface area contributed by atoms with Gasteiger partial charge in [-0.15, -0.1) is 0 Å². The Hall–Kier alpha value is 1.06. The third-order valence-corrected chi connectivity index (χ3v) is 10.2. The maximum atomic E-state index is 13.1. The zero-order chi connectivity index (χ0) is 29.0. The first-order valence-corrected chi connectivity index (χ1v) is 19.3. The lowest BCUT2D eigenvalue weighted by Crippen LogP contribution is -2.31. The summed E-state index contributed by atoms with van der Waals surface area (Å²) in [5, 5.41) is 0. The van der Waals surface area contributed by atoms with Crippen LogP contribution >= 0.6 is 25.8 Å². The molecule has 0 aromatic carbocycles. The van der Waals surface area contributed by atoms with Crippen molar-refractivity contribution in [1.82, 2.24) is 0 Å². The molecule has 17 heteroatoms. The van der Waals surface area contributed by atoms with E-state index in [1.165, 1.54) is 0 Å². The third kappa shape index (κ3) is 14.2. The molecule has 9 radical (unpaired) electrons. The fraction of sp³-hybridized carbons (Fsp3) is 1.00. The highest BCUT2D eigenvalue weighted by atomic mass is 32.7. The van der Waals surface area contributed by atoms with Crippen molar-refractivity contribution >= 4 is 62.8 Å². The van der Waals surface area contributed by atoms with Gasteiger partial charge in [-0.05, 0) is 65.2 Å². The molecule has 3 aliphatic heterocycles. The minimum atomic E-state index is -3.76. The van der Waals surface area contributed by atoms with E-state index in [-0.39, 0.29) is 87.3 Å². The van der Waals surface area contributed by atoms with E-state index in [1.807, 2.05) is 34.6 Å². The molecular weight excluding hydrogens is 619 g/mol. The first kappa shape index (κ1) is 43.1. The van der Waals surface area contributed by atoms with Crippen LogP contribution in [0, 0.1) is 5.92 Å². The van der Waals surface area contributed by atoms with Crippen LogP contribution < -0.4 is 0 Å². The highest BCUT2D eigenvalue weighted by molar-refractivity contribution is 8.44. The monoisotopic (exact) mass is 667 g/mol. The number of hydrogen-bond acceptors (Lipinski definition) is 10. The third-order valence-electron chi connectivity index (χ3n) is 6.97. The summed E-state index contributed by atoms with van der Waals surface area (Å²) in [5.41, 5.74) is 0. The molecule has 11 atom stereocenters. The smallest absolute Gasteiger partial charge is 0.373 e. The Morgan fingerprint density at radius 2 is 1.26 bits per heavy atom. The Bertz CT molecular complexity index is 880. The van der Waals surface area contributed by atoms with Crippen molar-refractivity contribution in [2.45, 2.75) is 142 Å². The van der Waals surface area contributed by atoms with Crippen LogP contribution in [-0.4, -0.2) is 104 Å². The SMILES string of the molecule is CC(C)CC[C@H]1O[C@@H](C)C[C@H]1OP(O)(=S)OC[C@H]1O[C@@H](C)C[C@H]1OP(=O)(S)OC[C@H]1O[C@@H](C)C[C@H]1OC(C)C.[B].[B].[B]. The van der Waals surface area contributed by atoms with Crippen LogP contribution in [0.15, 0.2) is 0 Å². The first-order chi connectivity index (χ1) is 18.1. The van der Waals surface area contributed by atoms with Gasteiger partial charge < -0.3 is 32.9 Å². The molecule has 0 amide bonds. The van der Waals surface area contributed by atoms with E-state index in [4.69, 9.17) is 48.8 Å². The van der Waals surface area contributed by atoms with Gasteiger partial charge in [0.1, 0.15) is 12.2 Å². The first-order valence-electron chi connectivity index (χ1n) is 14.1. The van der Waals surface area contributed by atoms with E-state index in [0.717, 1.165) is 19.3 Å². The van der Waals surface area contributed by atoms with Crippen LogP contribution in [0.3, 0.4) is 0 Å². The topological polar surface area (TPSA) is 111 Å². The maximum Gasteiger partial charge on any atom is 0.386 e. The molecule has 0 saturated carbocycles. The summed E-state index contributed by atoms with van der Waals surface area (Å²) < 4.78 is 59.8. The fourth-order valence-electron chi connectivity index (χ4n) is 5.26. The molecule has 10 nitrogen and oxygen atoms in total. The Labute approximate surface area is 269 Å². The summed E-state index contributed by atoms with van der Waals surface area (Å²) in [6.45, 7) is 6.66. The van der Waals surface area contributed by atoms with E-state index >= 15 is 0 Å². The lowest BCUT2D eigenvalue weighted by Gasteiger charge is -2.27. The van der Waals surface area contributed by atoms with Gasteiger partial charge >= 0.3 is 13.5 Å². The lowest BCUT2D eigenvalue weighted by atomic mass is 10.0. The number of hydrogen-bond donors (Lipinski definition) is 2. The average molecular weight is 667 g/mol. The van der Waals surface area contributed by atoms with Gasteiger partial charge in [-0.2, -0.15) is 0 Å². The molecule has 239 valence electrons. The van der Waals surface area contributed by atoms with E-state index in [0.29, 0.717) is 18.8 Å². The summed E-state index contributed by atoms with van der Waals surface area (Å²) in [5.74, 6) is 0.535. The molecule has 3 heterocycles. The highest BCUT2D eigenvalue weighted by Crippen LogP contribution is 2.56. The quantitative estimate of drug-likeness (QED) is 0.145. The van der Waals surface area contributed by atoms with Crippen LogP contribution in [0.2, 0.25) is 0 Å². The Kier molecular flexibility index (Phi) is 19.5. The molecule has 3 rings (SSSR count). The largest absolute Gasteiger partial charge is 0.386 e. The minimum Gasteiger partial charge on any atom is -0.373 e. The molecule has 0 aliphatic carbocycles. The predicted octanol–water partition coefficient (Wildman–Crippen LogP) is 4.66. The average Bonchev–Trinajstić information content (AvgIpc) is 3.44. The summed E-state index contributed by atoms with van der Waals surface area (Å²) in [7, 11) is 0. The van der Waals surface area contributed by atoms with Crippen molar-refractivity contribution in [2.75, 3.05) is 13.2 Å². The van der Waals surface area contributed by atoms with Gasteiger partial charge in [0.15, 0.2) is 0 Å².